The van der Waals surface area contributed by atoms with Crippen molar-refractivity contribution in [3.63, 3.8) is 0 Å². The van der Waals surface area contributed by atoms with Gasteiger partial charge in [-0.05, 0) is 58.6 Å². The van der Waals surface area contributed by atoms with Crippen LogP contribution in [0, 0.1) is 0 Å². The van der Waals surface area contributed by atoms with Crippen molar-refractivity contribution >= 4 is 55.6 Å². The molecule has 2 N–H and O–H groups in total. The Morgan fingerprint density at radius 1 is 1.18 bits per heavy atom. The van der Waals surface area contributed by atoms with Gasteiger partial charge in [-0.25, -0.2) is 9.78 Å². The zero-order valence-corrected chi connectivity index (χ0v) is 17.0. The number of hydrogen-bond donors (Lipinski definition) is 2. The third kappa shape index (κ3) is 3.68. The van der Waals surface area contributed by atoms with Gasteiger partial charge in [0, 0.05) is 22.1 Å². The lowest BCUT2D eigenvalue weighted by atomic mass is 10.1. The number of aryl methyl sites for hydroxylation is 1. The molecule has 0 saturated carbocycles. The Labute approximate surface area is 174 Å². The largest absolute Gasteiger partial charge is 0.465 e. The molecule has 0 unspecified atom stereocenters. The minimum absolute atomic E-state index is 0.444. The molecule has 142 valence electrons. The molecule has 28 heavy (non-hydrogen) atoms. The van der Waals surface area contributed by atoms with Gasteiger partial charge in [-0.1, -0.05) is 23.7 Å². The Kier molecular flexibility index (Phi) is 5.19. The normalized spacial score (nSPS) is 11.2. The summed E-state index contributed by atoms with van der Waals surface area (Å²) in [6.45, 7) is 0.444. The quantitative estimate of drug-likeness (QED) is 0.403. The van der Waals surface area contributed by atoms with Gasteiger partial charge in [-0.15, -0.1) is 0 Å². The molecule has 4 aromatic rings. The molecule has 0 aliphatic heterocycles. The minimum Gasteiger partial charge on any atom is -0.465 e. The van der Waals surface area contributed by atoms with Crippen LogP contribution in [0.5, 0.6) is 0 Å². The van der Waals surface area contributed by atoms with Crippen LogP contribution in [0.3, 0.4) is 0 Å². The van der Waals surface area contributed by atoms with Crippen molar-refractivity contribution in [3.8, 4) is 5.69 Å². The number of amides is 1. The lowest BCUT2D eigenvalue weighted by Crippen LogP contribution is -2.22. The average Bonchev–Trinajstić information content (AvgIpc) is 3.11. The minimum atomic E-state index is -0.989. The van der Waals surface area contributed by atoms with Crippen LogP contribution in [0.15, 0.2) is 53.4 Å². The third-order valence-corrected chi connectivity index (χ3v) is 5.75. The fraction of sp³-hybridized carbons (Fsp3) is 0.150. The summed E-state index contributed by atoms with van der Waals surface area (Å²) < 4.78 is 2.85. The maximum Gasteiger partial charge on any atom is 0.404 e. The predicted molar refractivity (Wildman–Crippen MR) is 113 cm³/mol. The number of pyridine rings is 1. The molecule has 4 rings (SSSR count). The summed E-state index contributed by atoms with van der Waals surface area (Å²) in [7, 11) is 0. The Bertz CT molecular complexity index is 1170. The van der Waals surface area contributed by atoms with Gasteiger partial charge in [0.1, 0.15) is 11.8 Å². The van der Waals surface area contributed by atoms with E-state index in [9.17, 15) is 4.79 Å². The molecule has 2 heterocycles. The maximum absolute atomic E-state index is 10.5. The highest BCUT2D eigenvalue weighted by Gasteiger charge is 2.12. The van der Waals surface area contributed by atoms with Gasteiger partial charge in [0.25, 0.3) is 0 Å². The van der Waals surface area contributed by atoms with E-state index in [2.05, 4.69) is 43.3 Å². The number of carbonyl (C=O) groups is 1. The molecule has 0 atom stereocenters. The number of imidazole rings is 1. The lowest BCUT2D eigenvalue weighted by molar-refractivity contribution is 0.194. The van der Waals surface area contributed by atoms with Crippen LogP contribution in [0.1, 0.15) is 12.0 Å². The van der Waals surface area contributed by atoms with E-state index >= 15 is 0 Å². The Morgan fingerprint density at radius 3 is 2.71 bits per heavy atom. The number of nitrogens with one attached hydrogen (secondary N) is 1. The second kappa shape index (κ2) is 7.77. The number of carboxylic acid groups (broad SMARTS) is 1. The second-order valence-corrected chi connectivity index (χ2v) is 7.65. The first-order valence-electron chi connectivity index (χ1n) is 8.70. The van der Waals surface area contributed by atoms with Crippen molar-refractivity contribution in [3.05, 3.63) is 64.0 Å². The summed E-state index contributed by atoms with van der Waals surface area (Å²) in [5.74, 6) is 0. The highest BCUT2D eigenvalue weighted by Crippen LogP contribution is 2.32. The first-order chi connectivity index (χ1) is 13.5. The van der Waals surface area contributed by atoms with Gasteiger partial charge in [-0.2, -0.15) is 0 Å². The van der Waals surface area contributed by atoms with Crippen LogP contribution in [-0.4, -0.2) is 32.3 Å². The third-order valence-electron chi connectivity index (χ3n) is 4.55. The van der Waals surface area contributed by atoms with Crippen molar-refractivity contribution in [1.82, 2.24) is 19.9 Å². The number of hydrogen-bond acceptors (Lipinski definition) is 3. The van der Waals surface area contributed by atoms with E-state index in [0.717, 1.165) is 50.5 Å². The molecule has 0 radical (unpaired) electrons. The van der Waals surface area contributed by atoms with Crippen LogP contribution in [-0.2, 0) is 6.42 Å². The van der Waals surface area contributed by atoms with Crippen LogP contribution in [0.25, 0.3) is 27.6 Å². The van der Waals surface area contributed by atoms with Crippen LogP contribution in [0.2, 0.25) is 5.02 Å². The topological polar surface area (TPSA) is 80.0 Å². The summed E-state index contributed by atoms with van der Waals surface area (Å²) in [6, 6.07) is 12.0. The zero-order valence-electron chi connectivity index (χ0n) is 14.7. The standard InChI is InChI=1S/C20H16BrClN4O2/c21-15-8-14-17(9-16(15)22)24-10-18-19(14)26(11-25-18)13-5-3-12(4-6-13)2-1-7-23-20(27)28/h3-6,8-11,23H,1-2,7H2,(H,27,28). The number of benzene rings is 2. The second-order valence-electron chi connectivity index (χ2n) is 6.39. The molecule has 0 aliphatic rings. The van der Waals surface area contributed by atoms with E-state index in [1.807, 2.05) is 28.8 Å². The molecular weight excluding hydrogens is 444 g/mol. The molecule has 0 saturated heterocycles. The lowest BCUT2D eigenvalue weighted by Gasteiger charge is -2.09. The van der Waals surface area contributed by atoms with Crippen LogP contribution < -0.4 is 5.32 Å². The monoisotopic (exact) mass is 458 g/mol. The number of rotatable bonds is 5. The molecule has 2 aromatic carbocycles. The molecule has 6 nitrogen and oxygen atoms in total. The van der Waals surface area contributed by atoms with Gasteiger partial charge in [0.05, 0.1) is 22.3 Å². The van der Waals surface area contributed by atoms with Gasteiger partial charge in [0.15, 0.2) is 0 Å². The fourth-order valence-electron chi connectivity index (χ4n) is 3.19. The number of aromatic nitrogens is 3. The van der Waals surface area contributed by atoms with Gasteiger partial charge < -0.3 is 10.4 Å². The van der Waals surface area contributed by atoms with Gasteiger partial charge in [0.2, 0.25) is 0 Å². The van der Waals surface area contributed by atoms with E-state index in [4.69, 9.17) is 16.7 Å². The fourth-order valence-corrected chi connectivity index (χ4v) is 3.70. The number of nitrogens with zero attached hydrogens (tertiary/aromatic N) is 3. The maximum atomic E-state index is 10.5. The molecule has 1 amide bonds. The smallest absolute Gasteiger partial charge is 0.404 e. The van der Waals surface area contributed by atoms with E-state index in [0.29, 0.717) is 11.6 Å². The van der Waals surface area contributed by atoms with Crippen molar-refractivity contribution in [2.75, 3.05) is 6.54 Å². The van der Waals surface area contributed by atoms with Crippen molar-refractivity contribution in [2.45, 2.75) is 12.8 Å². The van der Waals surface area contributed by atoms with Crippen molar-refractivity contribution in [2.24, 2.45) is 0 Å². The average molecular weight is 460 g/mol. The highest BCUT2D eigenvalue weighted by molar-refractivity contribution is 9.10. The number of halogens is 2. The summed E-state index contributed by atoms with van der Waals surface area (Å²) in [4.78, 5) is 19.4. The van der Waals surface area contributed by atoms with E-state index in [1.54, 1.807) is 12.5 Å². The van der Waals surface area contributed by atoms with Gasteiger partial charge >= 0.3 is 6.09 Å². The van der Waals surface area contributed by atoms with Crippen molar-refractivity contribution < 1.29 is 9.90 Å². The van der Waals surface area contributed by atoms with Gasteiger partial charge in [-0.3, -0.25) is 9.55 Å². The summed E-state index contributed by atoms with van der Waals surface area (Å²) in [5, 5.41) is 12.6. The molecule has 8 heteroatoms. The molecule has 2 aromatic heterocycles. The molecule has 0 fully saturated rings. The molecule has 0 spiro atoms. The molecular formula is C20H16BrClN4O2. The zero-order chi connectivity index (χ0) is 19.7. The Balaban J connectivity index is 1.66. The first-order valence-corrected chi connectivity index (χ1v) is 9.87. The summed E-state index contributed by atoms with van der Waals surface area (Å²) in [5.41, 5.74) is 4.74. The van der Waals surface area contributed by atoms with Crippen LogP contribution >= 0.6 is 27.5 Å². The summed E-state index contributed by atoms with van der Waals surface area (Å²) in [6.07, 6.45) is 4.12. The highest BCUT2D eigenvalue weighted by atomic mass is 79.9. The molecule has 0 aliphatic carbocycles. The van der Waals surface area contributed by atoms with E-state index in [-0.39, 0.29) is 0 Å². The summed E-state index contributed by atoms with van der Waals surface area (Å²) >= 11 is 9.70. The van der Waals surface area contributed by atoms with Crippen molar-refractivity contribution in [1.29, 1.82) is 0 Å². The Morgan fingerprint density at radius 2 is 1.96 bits per heavy atom. The van der Waals surface area contributed by atoms with E-state index in [1.165, 1.54) is 0 Å². The predicted octanol–water partition coefficient (Wildman–Crippen LogP) is 5.19. The number of fused-ring (bicyclic) bond motifs is 3. The molecule has 0 bridgehead atoms. The SMILES string of the molecule is O=C(O)NCCCc1ccc(-n2cnc3cnc4cc(Cl)c(Br)cc4c32)cc1. The van der Waals surface area contributed by atoms with E-state index < -0.39 is 6.09 Å². The Hall–Kier alpha value is -2.64. The van der Waals surface area contributed by atoms with Crippen LogP contribution in [0.4, 0.5) is 4.79 Å². The first kappa shape index (κ1) is 18.7.